The molecule has 3 aromatic carbocycles. The topological polar surface area (TPSA) is 73.4 Å². The van der Waals surface area contributed by atoms with E-state index in [2.05, 4.69) is 15.9 Å². The summed E-state index contributed by atoms with van der Waals surface area (Å²) in [5, 5.41) is 4.81. The van der Waals surface area contributed by atoms with Crippen LogP contribution in [0.5, 0.6) is 0 Å². The number of ether oxygens (including phenoxy) is 1. The van der Waals surface area contributed by atoms with E-state index in [4.69, 9.17) is 15.6 Å². The molecule has 1 saturated heterocycles. The highest BCUT2D eigenvalue weighted by Gasteiger charge is 2.40. The molecule has 1 amide bonds. The molecule has 0 aliphatic carbocycles. The fourth-order valence-corrected chi connectivity index (χ4v) is 4.47. The molecule has 2 atom stereocenters. The fraction of sp³-hybridized carbons (Fsp3) is 0.185. The van der Waals surface area contributed by atoms with Gasteiger partial charge in [-0.05, 0) is 79.6 Å². The molecule has 2 heterocycles. The highest BCUT2D eigenvalue weighted by atomic mass is 79.9. The lowest BCUT2D eigenvalue weighted by atomic mass is 10.1. The van der Waals surface area contributed by atoms with Crippen LogP contribution in [0, 0.1) is 5.82 Å². The van der Waals surface area contributed by atoms with Gasteiger partial charge in [0, 0.05) is 34.0 Å². The monoisotopic (exact) mass is 534 g/mol. The van der Waals surface area contributed by atoms with Gasteiger partial charge < -0.3 is 15.4 Å². The zero-order valence-electron chi connectivity index (χ0n) is 19.1. The molecule has 2 N–H and O–H groups in total. The first-order valence-electron chi connectivity index (χ1n) is 11.3. The van der Waals surface area contributed by atoms with E-state index in [-0.39, 0.29) is 11.7 Å². The van der Waals surface area contributed by atoms with Crippen molar-refractivity contribution < 1.29 is 13.9 Å². The van der Waals surface area contributed by atoms with Crippen molar-refractivity contribution in [2.45, 2.75) is 25.7 Å². The number of hydrogen-bond donors (Lipinski definition) is 1. The third-order valence-electron chi connectivity index (χ3n) is 6.09. The second-order valence-electron chi connectivity index (χ2n) is 8.51. The SMILES string of the molecule is C[C@@H]1O[C@@H](c2cn(-c3ccc(Br)cc3)nc2-c2ccc(F)cc2)N(CCc2ccc(N)cc2)C1=O. The van der Waals surface area contributed by atoms with Crippen LogP contribution in [0.15, 0.2) is 83.5 Å². The van der Waals surface area contributed by atoms with Crippen LogP contribution in [-0.2, 0) is 16.0 Å². The molecule has 1 fully saturated rings. The van der Waals surface area contributed by atoms with E-state index in [1.807, 2.05) is 54.7 Å². The molecule has 4 aromatic rings. The third kappa shape index (κ3) is 4.85. The predicted octanol–water partition coefficient (Wildman–Crippen LogP) is 5.51. The van der Waals surface area contributed by atoms with Crippen molar-refractivity contribution >= 4 is 27.5 Å². The van der Waals surface area contributed by atoms with Gasteiger partial charge >= 0.3 is 0 Å². The Morgan fingerprint density at radius 3 is 2.40 bits per heavy atom. The first kappa shape index (κ1) is 23.3. The second kappa shape index (κ2) is 9.64. The molecule has 0 saturated carbocycles. The van der Waals surface area contributed by atoms with Crippen LogP contribution in [0.4, 0.5) is 10.1 Å². The maximum atomic E-state index is 13.6. The Kier molecular flexibility index (Phi) is 6.40. The summed E-state index contributed by atoms with van der Waals surface area (Å²) in [7, 11) is 0. The number of nitrogen functional groups attached to an aromatic ring is 1. The molecule has 1 aliphatic rings. The number of nitrogens with two attached hydrogens (primary N) is 1. The van der Waals surface area contributed by atoms with Gasteiger partial charge in [0.15, 0.2) is 6.23 Å². The molecule has 178 valence electrons. The van der Waals surface area contributed by atoms with Crippen LogP contribution < -0.4 is 5.73 Å². The Morgan fingerprint density at radius 2 is 1.71 bits per heavy atom. The molecule has 6 nitrogen and oxygen atoms in total. The van der Waals surface area contributed by atoms with Crippen molar-refractivity contribution in [1.29, 1.82) is 0 Å². The normalized spacial score (nSPS) is 17.8. The first-order chi connectivity index (χ1) is 16.9. The van der Waals surface area contributed by atoms with E-state index in [0.29, 0.717) is 24.3 Å². The Labute approximate surface area is 211 Å². The first-order valence-corrected chi connectivity index (χ1v) is 12.1. The number of anilines is 1. The van der Waals surface area contributed by atoms with E-state index in [1.54, 1.807) is 28.6 Å². The summed E-state index contributed by atoms with van der Waals surface area (Å²) in [6.45, 7) is 2.24. The summed E-state index contributed by atoms with van der Waals surface area (Å²) >= 11 is 3.46. The standard InChI is InChI=1S/C27H24BrFN4O2/c1-17-26(34)32(15-14-18-2-10-22(30)11-3-18)27(35-17)24-16-33(23-12-6-20(28)7-13-23)31-25(24)19-4-8-21(29)9-5-19/h2-13,16-17,27H,14-15,30H2,1H3/t17-,27-/m0/s1. The van der Waals surface area contributed by atoms with Crippen molar-refractivity contribution in [3.8, 4) is 16.9 Å². The van der Waals surface area contributed by atoms with Crippen molar-refractivity contribution in [3.05, 3.63) is 100 Å². The summed E-state index contributed by atoms with van der Waals surface area (Å²) in [4.78, 5) is 14.8. The number of halogens is 2. The van der Waals surface area contributed by atoms with Crippen molar-refractivity contribution in [2.24, 2.45) is 0 Å². The number of carbonyl (C=O) groups is 1. The molecule has 8 heteroatoms. The molecule has 0 radical (unpaired) electrons. The number of amides is 1. The Bertz CT molecular complexity index is 1340. The summed E-state index contributed by atoms with van der Waals surface area (Å²) < 4.78 is 22.5. The Hall–Kier alpha value is -3.49. The van der Waals surface area contributed by atoms with E-state index in [1.165, 1.54) is 12.1 Å². The zero-order valence-corrected chi connectivity index (χ0v) is 20.7. The van der Waals surface area contributed by atoms with Gasteiger partial charge in [-0.25, -0.2) is 9.07 Å². The number of nitrogens with zero attached hydrogens (tertiary/aromatic N) is 3. The highest BCUT2D eigenvalue weighted by molar-refractivity contribution is 9.10. The minimum absolute atomic E-state index is 0.0770. The summed E-state index contributed by atoms with van der Waals surface area (Å²) in [5.74, 6) is -0.402. The molecular formula is C27H24BrFN4O2. The molecule has 35 heavy (non-hydrogen) atoms. The fourth-order valence-electron chi connectivity index (χ4n) is 4.20. The molecule has 5 rings (SSSR count). The molecular weight excluding hydrogens is 511 g/mol. The van der Waals surface area contributed by atoms with Gasteiger partial charge in [-0.2, -0.15) is 5.10 Å². The lowest BCUT2D eigenvalue weighted by Crippen LogP contribution is -2.32. The number of rotatable bonds is 6. The van der Waals surface area contributed by atoms with Gasteiger partial charge in [0.2, 0.25) is 0 Å². The predicted molar refractivity (Wildman–Crippen MR) is 136 cm³/mol. The lowest BCUT2D eigenvalue weighted by Gasteiger charge is -2.23. The largest absolute Gasteiger partial charge is 0.399 e. The third-order valence-corrected chi connectivity index (χ3v) is 6.61. The molecule has 0 unspecified atom stereocenters. The van der Waals surface area contributed by atoms with E-state index < -0.39 is 12.3 Å². The van der Waals surface area contributed by atoms with Crippen LogP contribution >= 0.6 is 15.9 Å². The van der Waals surface area contributed by atoms with Gasteiger partial charge in [-0.3, -0.25) is 4.79 Å². The summed E-state index contributed by atoms with van der Waals surface area (Å²) in [6.07, 6.45) is 1.35. The van der Waals surface area contributed by atoms with Crippen LogP contribution in [-0.4, -0.2) is 33.2 Å². The average Bonchev–Trinajstić information content (AvgIpc) is 3.41. The van der Waals surface area contributed by atoms with Crippen molar-refractivity contribution in [1.82, 2.24) is 14.7 Å². The van der Waals surface area contributed by atoms with E-state index in [0.717, 1.165) is 26.9 Å². The minimum Gasteiger partial charge on any atom is -0.399 e. The molecule has 0 bridgehead atoms. The Morgan fingerprint density at radius 1 is 1.03 bits per heavy atom. The van der Waals surface area contributed by atoms with Gasteiger partial charge in [0.1, 0.15) is 17.6 Å². The number of aromatic nitrogens is 2. The molecule has 0 spiro atoms. The van der Waals surface area contributed by atoms with Gasteiger partial charge in [-0.15, -0.1) is 0 Å². The molecule has 1 aromatic heterocycles. The van der Waals surface area contributed by atoms with E-state index in [9.17, 15) is 9.18 Å². The number of hydrogen-bond acceptors (Lipinski definition) is 4. The number of carbonyl (C=O) groups excluding carboxylic acids is 1. The van der Waals surface area contributed by atoms with Gasteiger partial charge in [-0.1, -0.05) is 28.1 Å². The minimum atomic E-state index is -0.615. The Balaban J connectivity index is 1.53. The highest BCUT2D eigenvalue weighted by Crippen LogP contribution is 2.37. The second-order valence-corrected chi connectivity index (χ2v) is 9.43. The van der Waals surface area contributed by atoms with Crippen LogP contribution in [0.25, 0.3) is 16.9 Å². The maximum absolute atomic E-state index is 13.6. The lowest BCUT2D eigenvalue weighted by molar-refractivity contribution is -0.130. The average molecular weight is 535 g/mol. The van der Waals surface area contributed by atoms with Gasteiger partial charge in [0.25, 0.3) is 5.91 Å². The van der Waals surface area contributed by atoms with Crippen LogP contribution in [0.1, 0.15) is 24.3 Å². The van der Waals surface area contributed by atoms with Crippen molar-refractivity contribution in [3.63, 3.8) is 0 Å². The van der Waals surface area contributed by atoms with Crippen molar-refractivity contribution in [2.75, 3.05) is 12.3 Å². The van der Waals surface area contributed by atoms with Crippen LogP contribution in [0.3, 0.4) is 0 Å². The summed E-state index contributed by atoms with van der Waals surface area (Å²) in [5.41, 5.74) is 10.6. The maximum Gasteiger partial charge on any atom is 0.253 e. The quantitative estimate of drug-likeness (QED) is 0.331. The molecule has 1 aliphatic heterocycles. The summed E-state index contributed by atoms with van der Waals surface area (Å²) in [6, 6.07) is 21.6. The zero-order chi connectivity index (χ0) is 24.5. The van der Waals surface area contributed by atoms with Crippen LogP contribution in [0.2, 0.25) is 0 Å². The smallest absolute Gasteiger partial charge is 0.253 e. The van der Waals surface area contributed by atoms with E-state index >= 15 is 0 Å². The number of benzene rings is 3. The van der Waals surface area contributed by atoms with Gasteiger partial charge in [0.05, 0.1) is 5.69 Å².